The summed E-state index contributed by atoms with van der Waals surface area (Å²) in [4.78, 5) is 11.9. The Hall–Kier alpha value is -2.04. The van der Waals surface area contributed by atoms with E-state index in [-0.39, 0.29) is 11.3 Å². The van der Waals surface area contributed by atoms with E-state index in [1.807, 2.05) is 6.92 Å². The highest BCUT2D eigenvalue weighted by molar-refractivity contribution is 5.84. The van der Waals surface area contributed by atoms with E-state index in [2.05, 4.69) is 5.10 Å². The van der Waals surface area contributed by atoms with Crippen molar-refractivity contribution in [2.24, 2.45) is 0 Å². The highest BCUT2D eigenvalue weighted by atomic mass is 16.5. The Morgan fingerprint density at radius 2 is 2.25 bits per heavy atom. The molecule has 0 radical (unpaired) electrons. The van der Waals surface area contributed by atoms with Crippen molar-refractivity contribution in [1.29, 1.82) is 0 Å². The highest BCUT2D eigenvalue weighted by Gasteiger charge is 2.08. The first-order valence-electron chi connectivity index (χ1n) is 4.94. The lowest BCUT2D eigenvalue weighted by Gasteiger charge is -2.06. The van der Waals surface area contributed by atoms with Crippen molar-refractivity contribution >= 4 is 10.8 Å². The van der Waals surface area contributed by atoms with Gasteiger partial charge in [0.05, 0.1) is 18.7 Å². The normalized spacial score (nSPS) is 10.6. The minimum atomic E-state index is -0.210. The topological polar surface area (TPSA) is 64.3 Å². The lowest BCUT2D eigenvalue weighted by molar-refractivity contribution is 0.374. The zero-order valence-electron chi connectivity index (χ0n) is 9.10. The lowest BCUT2D eigenvalue weighted by Crippen LogP contribution is -2.21. The van der Waals surface area contributed by atoms with Gasteiger partial charge in [-0.3, -0.25) is 4.79 Å². The lowest BCUT2D eigenvalue weighted by atomic mass is 10.2. The van der Waals surface area contributed by atoms with Gasteiger partial charge in [-0.25, -0.2) is 4.68 Å². The largest absolute Gasteiger partial charge is 0.504 e. The summed E-state index contributed by atoms with van der Waals surface area (Å²) in [5, 5.41) is 14.7. The maximum Gasteiger partial charge on any atom is 0.274 e. The zero-order valence-corrected chi connectivity index (χ0v) is 9.10. The number of hydrogen-bond donors (Lipinski definition) is 1. The Bertz CT molecular complexity index is 590. The molecule has 5 heteroatoms. The summed E-state index contributed by atoms with van der Waals surface area (Å²) < 4.78 is 6.30. The van der Waals surface area contributed by atoms with Crippen molar-refractivity contribution in [3.63, 3.8) is 0 Å². The molecule has 2 rings (SSSR count). The van der Waals surface area contributed by atoms with Crippen LogP contribution in [0, 0.1) is 0 Å². The monoisotopic (exact) mass is 220 g/mol. The first kappa shape index (κ1) is 10.5. The van der Waals surface area contributed by atoms with E-state index in [0.29, 0.717) is 23.1 Å². The number of rotatable bonds is 2. The van der Waals surface area contributed by atoms with E-state index >= 15 is 0 Å². The van der Waals surface area contributed by atoms with E-state index in [4.69, 9.17) is 4.74 Å². The average Bonchev–Trinajstić information content (AvgIpc) is 2.30. The van der Waals surface area contributed by atoms with Gasteiger partial charge in [0.2, 0.25) is 0 Å². The van der Waals surface area contributed by atoms with Crippen LogP contribution in [0.4, 0.5) is 0 Å². The summed E-state index contributed by atoms with van der Waals surface area (Å²) in [6.45, 7) is 2.34. The van der Waals surface area contributed by atoms with Crippen molar-refractivity contribution in [1.82, 2.24) is 9.78 Å². The predicted octanol–water partition coefficient (Wildman–Crippen LogP) is 1.13. The smallest absolute Gasteiger partial charge is 0.274 e. The molecule has 2 aromatic rings. The van der Waals surface area contributed by atoms with Gasteiger partial charge in [0.1, 0.15) is 0 Å². The summed E-state index contributed by atoms with van der Waals surface area (Å²) in [6.07, 6.45) is 1.59. The third-order valence-corrected chi connectivity index (χ3v) is 2.45. The number of aromatic hydroxyl groups is 1. The van der Waals surface area contributed by atoms with Crippen molar-refractivity contribution in [3.05, 3.63) is 28.7 Å². The molecule has 0 spiro atoms. The molecule has 1 aromatic carbocycles. The van der Waals surface area contributed by atoms with Crippen molar-refractivity contribution in [2.45, 2.75) is 13.5 Å². The van der Waals surface area contributed by atoms with Crippen LogP contribution in [0.1, 0.15) is 6.92 Å². The molecule has 1 N–H and O–H groups in total. The maximum atomic E-state index is 11.9. The Balaban J connectivity index is 2.81. The van der Waals surface area contributed by atoms with Crippen LogP contribution < -0.4 is 10.3 Å². The quantitative estimate of drug-likeness (QED) is 0.824. The van der Waals surface area contributed by atoms with Gasteiger partial charge in [-0.05, 0) is 19.1 Å². The van der Waals surface area contributed by atoms with Crippen LogP contribution in [0.5, 0.6) is 11.5 Å². The molecule has 5 nitrogen and oxygen atoms in total. The molecule has 1 heterocycles. The molecule has 0 aliphatic rings. The van der Waals surface area contributed by atoms with Crippen LogP contribution >= 0.6 is 0 Å². The average molecular weight is 220 g/mol. The first-order valence-corrected chi connectivity index (χ1v) is 4.94. The number of hydrogen-bond acceptors (Lipinski definition) is 4. The Morgan fingerprint density at radius 1 is 1.50 bits per heavy atom. The molecular formula is C11H12N2O3. The number of methoxy groups -OCH3 is 1. The zero-order chi connectivity index (χ0) is 11.7. The van der Waals surface area contributed by atoms with Crippen LogP contribution in [0.25, 0.3) is 10.8 Å². The molecule has 0 unspecified atom stereocenters. The fourth-order valence-electron chi connectivity index (χ4n) is 1.59. The molecular weight excluding hydrogens is 208 g/mol. The SMILES string of the molecule is CCn1ncc2cc(OC)c(O)cc2c1=O. The fraction of sp³-hybridized carbons (Fsp3) is 0.273. The van der Waals surface area contributed by atoms with Gasteiger partial charge in [-0.15, -0.1) is 0 Å². The van der Waals surface area contributed by atoms with Crippen LogP contribution in [0.2, 0.25) is 0 Å². The molecule has 1 aromatic heterocycles. The maximum absolute atomic E-state index is 11.9. The second kappa shape index (κ2) is 3.84. The summed E-state index contributed by atoms with van der Waals surface area (Å²) in [6, 6.07) is 3.00. The van der Waals surface area contributed by atoms with Gasteiger partial charge >= 0.3 is 0 Å². The van der Waals surface area contributed by atoms with Crippen molar-refractivity contribution in [3.8, 4) is 11.5 Å². The summed E-state index contributed by atoms with van der Waals surface area (Å²) in [5.74, 6) is 0.295. The number of ether oxygens (including phenoxy) is 1. The third-order valence-electron chi connectivity index (χ3n) is 2.45. The second-order valence-electron chi connectivity index (χ2n) is 3.38. The number of phenols is 1. The van der Waals surface area contributed by atoms with E-state index in [1.54, 1.807) is 12.3 Å². The standard InChI is InChI=1S/C11H12N2O3/c1-3-13-11(15)8-5-9(14)10(16-2)4-7(8)6-12-13/h4-6,14H,3H2,1-2H3. The summed E-state index contributed by atoms with van der Waals surface area (Å²) in [7, 11) is 1.46. The first-order chi connectivity index (χ1) is 7.67. The van der Waals surface area contributed by atoms with Crippen LogP contribution in [0.15, 0.2) is 23.1 Å². The van der Waals surface area contributed by atoms with Gasteiger partial charge < -0.3 is 9.84 Å². The number of phenolic OH excluding ortho intramolecular Hbond substituents is 1. The molecule has 84 valence electrons. The van der Waals surface area contributed by atoms with Crippen LogP contribution in [-0.2, 0) is 6.54 Å². The Kier molecular flexibility index (Phi) is 2.52. The fourth-order valence-corrected chi connectivity index (χ4v) is 1.59. The van der Waals surface area contributed by atoms with Crippen LogP contribution in [-0.4, -0.2) is 22.0 Å². The van der Waals surface area contributed by atoms with Gasteiger partial charge in [-0.1, -0.05) is 0 Å². The summed E-state index contributed by atoms with van der Waals surface area (Å²) in [5.41, 5.74) is -0.210. The van der Waals surface area contributed by atoms with Crippen LogP contribution in [0.3, 0.4) is 0 Å². The molecule has 0 amide bonds. The van der Waals surface area contributed by atoms with Crippen molar-refractivity contribution in [2.75, 3.05) is 7.11 Å². The predicted molar refractivity (Wildman–Crippen MR) is 59.9 cm³/mol. The van der Waals surface area contributed by atoms with Gasteiger partial charge in [0.25, 0.3) is 5.56 Å². The van der Waals surface area contributed by atoms with E-state index < -0.39 is 0 Å². The number of fused-ring (bicyclic) bond motifs is 1. The third kappa shape index (κ3) is 1.50. The molecule has 0 fully saturated rings. The number of aryl methyl sites for hydroxylation is 1. The number of aromatic nitrogens is 2. The Labute approximate surface area is 91.9 Å². The molecule has 0 aliphatic heterocycles. The minimum absolute atomic E-state index is 0.0408. The minimum Gasteiger partial charge on any atom is -0.504 e. The molecule has 0 atom stereocenters. The van der Waals surface area contributed by atoms with E-state index in [9.17, 15) is 9.90 Å². The Morgan fingerprint density at radius 3 is 2.88 bits per heavy atom. The van der Waals surface area contributed by atoms with Gasteiger partial charge in [0, 0.05) is 11.9 Å². The van der Waals surface area contributed by atoms with Gasteiger partial charge in [0.15, 0.2) is 11.5 Å². The number of benzene rings is 1. The van der Waals surface area contributed by atoms with E-state index in [1.165, 1.54) is 17.9 Å². The summed E-state index contributed by atoms with van der Waals surface area (Å²) >= 11 is 0. The van der Waals surface area contributed by atoms with E-state index in [0.717, 1.165) is 0 Å². The molecule has 0 saturated heterocycles. The highest BCUT2D eigenvalue weighted by Crippen LogP contribution is 2.29. The second-order valence-corrected chi connectivity index (χ2v) is 3.38. The van der Waals surface area contributed by atoms with Gasteiger partial charge in [-0.2, -0.15) is 5.10 Å². The molecule has 16 heavy (non-hydrogen) atoms. The number of nitrogens with zero attached hydrogens (tertiary/aromatic N) is 2. The molecule has 0 aliphatic carbocycles. The van der Waals surface area contributed by atoms with Crippen molar-refractivity contribution < 1.29 is 9.84 Å². The molecule has 0 bridgehead atoms. The molecule has 0 saturated carbocycles.